The minimum absolute atomic E-state index is 0.00300. The fraction of sp³-hybridized carbons (Fsp3) is 0.400. The lowest BCUT2D eigenvalue weighted by Crippen LogP contribution is -2.22. The minimum atomic E-state index is -4.31. The van der Waals surface area contributed by atoms with Crippen molar-refractivity contribution >= 4 is 0 Å². The molecule has 0 fully saturated rings. The lowest BCUT2D eigenvalue weighted by molar-refractivity contribution is -0.137. The monoisotopic (exact) mass is 297 g/mol. The Morgan fingerprint density at radius 2 is 1.81 bits per heavy atom. The maximum absolute atomic E-state index is 12.7. The first-order valence-corrected chi connectivity index (χ1v) is 6.69. The van der Waals surface area contributed by atoms with Crippen LogP contribution in [0.3, 0.4) is 0 Å². The lowest BCUT2D eigenvalue weighted by atomic mass is 10.0. The second kappa shape index (κ2) is 5.89. The van der Waals surface area contributed by atoms with Crippen molar-refractivity contribution in [1.29, 1.82) is 0 Å². The van der Waals surface area contributed by atoms with Gasteiger partial charge in [-0.1, -0.05) is 12.1 Å². The standard InChI is InChI=1S/C15H18F3N3/c1-10(20-11(2)13-8-19-21(3)9-13)12-5-4-6-14(7-12)15(16,17)18/h4-11,20H,1-3H3. The van der Waals surface area contributed by atoms with Gasteiger partial charge >= 0.3 is 6.18 Å². The second-order valence-electron chi connectivity index (χ2n) is 5.18. The molecular weight excluding hydrogens is 279 g/mol. The summed E-state index contributed by atoms with van der Waals surface area (Å²) in [5.41, 5.74) is 0.986. The van der Waals surface area contributed by atoms with Gasteiger partial charge in [-0.15, -0.1) is 0 Å². The van der Waals surface area contributed by atoms with Crippen LogP contribution in [0.5, 0.6) is 0 Å². The number of hydrogen-bond acceptors (Lipinski definition) is 2. The molecule has 1 aromatic carbocycles. The Morgan fingerprint density at radius 1 is 1.14 bits per heavy atom. The first kappa shape index (κ1) is 15.6. The van der Waals surface area contributed by atoms with E-state index in [0.29, 0.717) is 5.56 Å². The molecule has 0 aliphatic rings. The Bertz CT molecular complexity index is 604. The number of aromatic nitrogens is 2. The molecule has 2 unspecified atom stereocenters. The van der Waals surface area contributed by atoms with Gasteiger partial charge in [0.1, 0.15) is 0 Å². The van der Waals surface area contributed by atoms with E-state index in [9.17, 15) is 13.2 Å². The van der Waals surface area contributed by atoms with Gasteiger partial charge in [0.25, 0.3) is 0 Å². The number of hydrogen-bond donors (Lipinski definition) is 1. The Morgan fingerprint density at radius 3 is 2.38 bits per heavy atom. The van der Waals surface area contributed by atoms with Gasteiger partial charge in [-0.25, -0.2) is 0 Å². The predicted molar refractivity (Wildman–Crippen MR) is 74.6 cm³/mol. The topological polar surface area (TPSA) is 29.9 Å². The number of nitrogens with one attached hydrogen (secondary N) is 1. The molecule has 21 heavy (non-hydrogen) atoms. The summed E-state index contributed by atoms with van der Waals surface area (Å²) in [5.74, 6) is 0. The van der Waals surface area contributed by atoms with E-state index < -0.39 is 11.7 Å². The Labute approximate surface area is 121 Å². The highest BCUT2D eigenvalue weighted by atomic mass is 19.4. The van der Waals surface area contributed by atoms with E-state index in [4.69, 9.17) is 0 Å². The molecule has 1 heterocycles. The molecule has 0 radical (unpaired) electrons. The van der Waals surface area contributed by atoms with Crippen molar-refractivity contribution in [1.82, 2.24) is 15.1 Å². The van der Waals surface area contributed by atoms with E-state index in [2.05, 4.69) is 10.4 Å². The number of aryl methyl sites for hydroxylation is 1. The summed E-state index contributed by atoms with van der Waals surface area (Å²) in [6.45, 7) is 3.81. The average Bonchev–Trinajstić information content (AvgIpc) is 2.84. The molecule has 0 saturated heterocycles. The van der Waals surface area contributed by atoms with Gasteiger partial charge in [0, 0.05) is 30.9 Å². The summed E-state index contributed by atoms with van der Waals surface area (Å²) in [6, 6.07) is 5.22. The van der Waals surface area contributed by atoms with Gasteiger partial charge in [0.2, 0.25) is 0 Å². The molecule has 0 bridgehead atoms. The molecule has 0 amide bonds. The third-order valence-electron chi connectivity index (χ3n) is 3.44. The summed E-state index contributed by atoms with van der Waals surface area (Å²) in [7, 11) is 1.83. The molecule has 1 N–H and O–H groups in total. The molecule has 0 aliphatic carbocycles. The Kier molecular flexibility index (Phi) is 4.37. The normalized spacial score (nSPS) is 15.0. The van der Waals surface area contributed by atoms with Gasteiger partial charge in [-0.3, -0.25) is 4.68 Å². The van der Waals surface area contributed by atoms with Crippen molar-refractivity contribution in [3.8, 4) is 0 Å². The van der Waals surface area contributed by atoms with Crippen LogP contribution in [0.15, 0.2) is 36.7 Å². The maximum Gasteiger partial charge on any atom is 0.416 e. The molecule has 1 aromatic heterocycles. The zero-order chi connectivity index (χ0) is 15.6. The molecule has 2 aromatic rings. The van der Waals surface area contributed by atoms with Crippen LogP contribution in [0.4, 0.5) is 13.2 Å². The van der Waals surface area contributed by atoms with Crippen molar-refractivity contribution in [2.24, 2.45) is 7.05 Å². The highest BCUT2D eigenvalue weighted by Gasteiger charge is 2.30. The lowest BCUT2D eigenvalue weighted by Gasteiger charge is -2.20. The molecule has 114 valence electrons. The number of nitrogens with zero attached hydrogens (tertiary/aromatic N) is 2. The Balaban J connectivity index is 2.11. The van der Waals surface area contributed by atoms with Gasteiger partial charge in [0.05, 0.1) is 11.8 Å². The molecule has 2 atom stereocenters. The van der Waals surface area contributed by atoms with Crippen LogP contribution in [0.1, 0.15) is 42.6 Å². The zero-order valence-electron chi connectivity index (χ0n) is 12.1. The van der Waals surface area contributed by atoms with E-state index in [0.717, 1.165) is 11.6 Å². The molecule has 2 rings (SSSR count). The first-order valence-electron chi connectivity index (χ1n) is 6.69. The van der Waals surface area contributed by atoms with Crippen molar-refractivity contribution in [3.05, 3.63) is 53.3 Å². The molecule has 3 nitrogen and oxygen atoms in total. The zero-order valence-corrected chi connectivity index (χ0v) is 12.1. The Hall–Kier alpha value is -1.82. The number of alkyl halides is 3. The SMILES string of the molecule is CC(NC(C)c1cnn(C)c1)c1cccc(C(F)(F)F)c1. The van der Waals surface area contributed by atoms with Crippen LogP contribution >= 0.6 is 0 Å². The number of halogens is 3. The van der Waals surface area contributed by atoms with Crippen LogP contribution in [-0.4, -0.2) is 9.78 Å². The summed E-state index contributed by atoms with van der Waals surface area (Å²) >= 11 is 0. The van der Waals surface area contributed by atoms with Gasteiger partial charge in [0.15, 0.2) is 0 Å². The van der Waals surface area contributed by atoms with Crippen molar-refractivity contribution in [3.63, 3.8) is 0 Å². The highest BCUT2D eigenvalue weighted by molar-refractivity contribution is 5.28. The van der Waals surface area contributed by atoms with E-state index in [1.54, 1.807) is 16.9 Å². The van der Waals surface area contributed by atoms with Crippen molar-refractivity contribution in [2.45, 2.75) is 32.1 Å². The summed E-state index contributed by atoms with van der Waals surface area (Å²) < 4.78 is 39.9. The van der Waals surface area contributed by atoms with E-state index in [1.807, 2.05) is 27.1 Å². The largest absolute Gasteiger partial charge is 0.416 e. The van der Waals surface area contributed by atoms with E-state index in [1.165, 1.54) is 12.1 Å². The second-order valence-corrected chi connectivity index (χ2v) is 5.18. The molecule has 0 spiro atoms. The van der Waals surface area contributed by atoms with Crippen LogP contribution in [0.25, 0.3) is 0 Å². The molecular formula is C15H18F3N3. The molecule has 6 heteroatoms. The number of benzene rings is 1. The summed E-state index contributed by atoms with van der Waals surface area (Å²) in [5, 5.41) is 7.38. The van der Waals surface area contributed by atoms with Crippen LogP contribution < -0.4 is 5.32 Å². The first-order chi connectivity index (χ1) is 9.77. The van der Waals surface area contributed by atoms with Crippen molar-refractivity contribution in [2.75, 3.05) is 0 Å². The third kappa shape index (κ3) is 3.85. The fourth-order valence-electron chi connectivity index (χ4n) is 2.22. The van der Waals surface area contributed by atoms with E-state index in [-0.39, 0.29) is 12.1 Å². The summed E-state index contributed by atoms with van der Waals surface area (Å²) in [6.07, 6.45) is -0.683. The van der Waals surface area contributed by atoms with Crippen LogP contribution in [0.2, 0.25) is 0 Å². The van der Waals surface area contributed by atoms with Crippen molar-refractivity contribution < 1.29 is 13.2 Å². The smallest absolute Gasteiger partial charge is 0.304 e. The fourth-order valence-corrected chi connectivity index (χ4v) is 2.22. The maximum atomic E-state index is 12.7. The van der Waals surface area contributed by atoms with E-state index >= 15 is 0 Å². The quantitative estimate of drug-likeness (QED) is 0.929. The summed E-state index contributed by atoms with van der Waals surface area (Å²) in [4.78, 5) is 0. The van der Waals surface area contributed by atoms with Gasteiger partial charge in [-0.2, -0.15) is 18.3 Å². The molecule has 0 aliphatic heterocycles. The number of rotatable bonds is 4. The third-order valence-corrected chi connectivity index (χ3v) is 3.44. The predicted octanol–water partition coefficient (Wildman–Crippen LogP) is 3.85. The van der Waals surface area contributed by atoms with Crippen LogP contribution in [0, 0.1) is 0 Å². The van der Waals surface area contributed by atoms with Crippen LogP contribution in [-0.2, 0) is 13.2 Å². The molecule has 0 saturated carbocycles. The van der Waals surface area contributed by atoms with Gasteiger partial charge < -0.3 is 5.32 Å². The highest BCUT2D eigenvalue weighted by Crippen LogP contribution is 2.31. The van der Waals surface area contributed by atoms with Gasteiger partial charge in [-0.05, 0) is 31.5 Å². The average molecular weight is 297 g/mol. The minimum Gasteiger partial charge on any atom is -0.304 e.